The summed E-state index contributed by atoms with van der Waals surface area (Å²) in [7, 11) is 0. The maximum absolute atomic E-state index is 13.5. The van der Waals surface area contributed by atoms with Gasteiger partial charge in [0.25, 0.3) is 0 Å². The van der Waals surface area contributed by atoms with Gasteiger partial charge in [0.2, 0.25) is 0 Å². The lowest BCUT2D eigenvalue weighted by atomic mass is 10.1. The van der Waals surface area contributed by atoms with Crippen molar-refractivity contribution >= 4 is 11.6 Å². The fourth-order valence-electron chi connectivity index (χ4n) is 3.86. The number of hydrogen-bond acceptors (Lipinski definition) is 4. The lowest BCUT2D eigenvalue weighted by Gasteiger charge is -2.14. The number of aryl methyl sites for hydroxylation is 2. The van der Waals surface area contributed by atoms with Crippen molar-refractivity contribution < 1.29 is 22.6 Å². The van der Waals surface area contributed by atoms with Crippen molar-refractivity contribution in [2.24, 2.45) is 0 Å². The highest BCUT2D eigenvalue weighted by Crippen LogP contribution is 2.35. The van der Waals surface area contributed by atoms with E-state index >= 15 is 0 Å². The molecule has 0 saturated heterocycles. The van der Waals surface area contributed by atoms with E-state index in [1.165, 1.54) is 12.1 Å². The number of imidazole rings is 1. The second-order valence-electron chi connectivity index (χ2n) is 7.40. The van der Waals surface area contributed by atoms with Crippen molar-refractivity contribution in [1.82, 2.24) is 14.5 Å². The third kappa shape index (κ3) is 4.55. The molecule has 1 unspecified atom stereocenters. The Morgan fingerprint density at radius 1 is 1.16 bits per heavy atom. The molecule has 1 aromatic carbocycles. The molecule has 3 aromatic rings. The highest BCUT2D eigenvalue weighted by molar-refractivity contribution is 6.32. The second kappa shape index (κ2) is 8.88. The molecule has 9 heteroatoms. The molecule has 31 heavy (non-hydrogen) atoms. The van der Waals surface area contributed by atoms with E-state index in [9.17, 15) is 13.2 Å². The van der Waals surface area contributed by atoms with Crippen molar-refractivity contribution in [3.63, 3.8) is 0 Å². The van der Waals surface area contributed by atoms with E-state index in [1.54, 1.807) is 6.07 Å². The van der Waals surface area contributed by atoms with Crippen LogP contribution in [0.3, 0.4) is 0 Å². The first-order valence-corrected chi connectivity index (χ1v) is 10.2. The number of rotatable bonds is 5. The van der Waals surface area contributed by atoms with Crippen LogP contribution in [0.4, 0.5) is 13.2 Å². The smallest absolute Gasteiger partial charge is 0.387 e. The lowest BCUT2D eigenvalue weighted by Crippen LogP contribution is -2.21. The van der Waals surface area contributed by atoms with Crippen molar-refractivity contribution in [3.8, 4) is 28.4 Å². The summed E-state index contributed by atoms with van der Waals surface area (Å²) in [6, 6.07) is 8.42. The number of benzene rings is 1. The summed E-state index contributed by atoms with van der Waals surface area (Å²) >= 11 is 6.17. The summed E-state index contributed by atoms with van der Waals surface area (Å²) in [6.45, 7) is 0.883. The fourth-order valence-corrected chi connectivity index (χ4v) is 4.09. The zero-order chi connectivity index (χ0) is 22.1. The van der Waals surface area contributed by atoms with Crippen molar-refractivity contribution in [1.29, 1.82) is 0 Å². The summed E-state index contributed by atoms with van der Waals surface area (Å²) in [5, 5.41) is 0.0409. The number of nitrogens with zero attached hydrogens (tertiary/aromatic N) is 3. The zero-order valence-corrected chi connectivity index (χ0v) is 17.8. The minimum absolute atomic E-state index is 0.0409. The number of pyridine rings is 1. The van der Waals surface area contributed by atoms with Crippen LogP contribution in [-0.2, 0) is 17.7 Å². The lowest BCUT2D eigenvalue weighted by molar-refractivity contribution is -0.0497. The van der Waals surface area contributed by atoms with Gasteiger partial charge in [0.05, 0.1) is 23.9 Å². The summed E-state index contributed by atoms with van der Waals surface area (Å²) < 4.78 is 50.7. The normalized spacial score (nSPS) is 16.3. The van der Waals surface area contributed by atoms with E-state index in [-0.39, 0.29) is 17.3 Å². The molecule has 1 atom stereocenters. The third-order valence-electron chi connectivity index (χ3n) is 5.08. The van der Waals surface area contributed by atoms with Crippen LogP contribution in [0.2, 0.25) is 5.02 Å². The Kier molecular flexibility index (Phi) is 6.20. The maximum atomic E-state index is 13.5. The minimum atomic E-state index is -2.97. The first-order chi connectivity index (χ1) is 14.9. The molecule has 164 valence electrons. The molecule has 4 rings (SSSR count). The predicted octanol–water partition coefficient (Wildman–Crippen LogP) is 5.39. The van der Waals surface area contributed by atoms with Crippen molar-refractivity contribution in [3.05, 3.63) is 52.4 Å². The molecule has 1 aliphatic heterocycles. The average molecular weight is 452 g/mol. The van der Waals surface area contributed by atoms with Gasteiger partial charge in [-0.1, -0.05) is 11.6 Å². The Balaban J connectivity index is 1.86. The molecular formula is C22H21ClF3N3O2. The van der Waals surface area contributed by atoms with Crippen LogP contribution < -0.4 is 4.74 Å². The Bertz CT molecular complexity index is 1080. The molecule has 0 fully saturated rings. The van der Waals surface area contributed by atoms with Crippen molar-refractivity contribution in [2.75, 3.05) is 13.3 Å². The molecule has 0 radical (unpaired) electrons. The number of hydrogen-bond donors (Lipinski definition) is 0. The largest absolute Gasteiger partial charge is 0.433 e. The van der Waals surface area contributed by atoms with Gasteiger partial charge in [0.1, 0.15) is 24.4 Å². The fraction of sp³-hybridized carbons (Fsp3) is 0.364. The Morgan fingerprint density at radius 3 is 2.55 bits per heavy atom. The number of fused-ring (bicyclic) bond motifs is 1. The van der Waals surface area contributed by atoms with E-state index in [4.69, 9.17) is 21.3 Å². The molecule has 3 heterocycles. The highest BCUT2D eigenvalue weighted by atomic mass is 35.5. The number of aromatic nitrogens is 3. The van der Waals surface area contributed by atoms with Gasteiger partial charge in [-0.15, -0.1) is 0 Å². The molecule has 0 spiro atoms. The summed E-state index contributed by atoms with van der Waals surface area (Å²) in [4.78, 5) is 9.29. The van der Waals surface area contributed by atoms with Gasteiger partial charge in [-0.3, -0.25) is 4.98 Å². The van der Waals surface area contributed by atoms with Gasteiger partial charge in [0, 0.05) is 34.6 Å². The van der Waals surface area contributed by atoms with Gasteiger partial charge in [-0.05, 0) is 44.2 Å². The molecule has 0 N–H and O–H groups in total. The van der Waals surface area contributed by atoms with Crippen LogP contribution in [0.15, 0.2) is 30.3 Å². The van der Waals surface area contributed by atoms with E-state index in [0.717, 1.165) is 28.3 Å². The van der Waals surface area contributed by atoms with E-state index in [0.29, 0.717) is 24.4 Å². The van der Waals surface area contributed by atoms with E-state index in [2.05, 4.69) is 9.72 Å². The number of ether oxygens (including phenoxy) is 2. The van der Waals surface area contributed by atoms with Gasteiger partial charge in [-0.25, -0.2) is 9.37 Å². The van der Waals surface area contributed by atoms with Crippen LogP contribution in [0.1, 0.15) is 17.1 Å². The molecule has 1 aliphatic rings. The summed E-state index contributed by atoms with van der Waals surface area (Å²) in [5.41, 5.74) is 4.92. The highest BCUT2D eigenvalue weighted by Gasteiger charge is 2.26. The van der Waals surface area contributed by atoms with E-state index in [1.807, 2.05) is 30.5 Å². The number of alkyl halides is 3. The van der Waals surface area contributed by atoms with Crippen LogP contribution in [-0.4, -0.2) is 40.5 Å². The van der Waals surface area contributed by atoms with Crippen LogP contribution >= 0.6 is 11.6 Å². The monoisotopic (exact) mass is 451 g/mol. The standard InChI is InChI=1S/C22H21ClF3N3O2/c1-12-7-15(8-13(2)27-12)20-18-5-6-30-16(10-24)11-29(18)21(28-20)14-3-4-19(17(23)9-14)31-22(25)26/h3-4,7-9,16,22H,5-6,10-11H2,1-2H3. The first-order valence-electron chi connectivity index (χ1n) is 9.83. The summed E-state index contributed by atoms with van der Waals surface area (Å²) in [6.07, 6.45) is -0.0422. The average Bonchev–Trinajstić information content (AvgIpc) is 2.92. The molecule has 0 amide bonds. The van der Waals surface area contributed by atoms with Gasteiger partial charge < -0.3 is 14.0 Å². The molecule has 0 bridgehead atoms. The predicted molar refractivity (Wildman–Crippen MR) is 111 cm³/mol. The molecular weight excluding hydrogens is 431 g/mol. The van der Waals surface area contributed by atoms with E-state index < -0.39 is 19.4 Å². The van der Waals surface area contributed by atoms with Gasteiger partial charge >= 0.3 is 6.61 Å². The molecule has 5 nitrogen and oxygen atoms in total. The first kappa shape index (κ1) is 21.6. The molecule has 0 saturated carbocycles. The SMILES string of the molecule is Cc1cc(-c2nc(-c3ccc(OC(F)F)c(Cl)c3)n3c2CCOC(CF)C3)cc(C)n1. The topological polar surface area (TPSA) is 49.2 Å². The number of halogens is 4. The third-order valence-corrected chi connectivity index (χ3v) is 5.38. The molecule has 0 aliphatic carbocycles. The Hall–Kier alpha value is -2.58. The Labute approximate surface area is 182 Å². The minimum Gasteiger partial charge on any atom is -0.433 e. The summed E-state index contributed by atoms with van der Waals surface area (Å²) in [5.74, 6) is 0.445. The van der Waals surface area contributed by atoms with Gasteiger partial charge in [-0.2, -0.15) is 8.78 Å². The zero-order valence-electron chi connectivity index (χ0n) is 17.0. The maximum Gasteiger partial charge on any atom is 0.387 e. The van der Waals surface area contributed by atoms with Crippen LogP contribution in [0.25, 0.3) is 22.6 Å². The van der Waals surface area contributed by atoms with Crippen molar-refractivity contribution in [2.45, 2.75) is 39.5 Å². The Morgan fingerprint density at radius 2 is 1.90 bits per heavy atom. The second-order valence-corrected chi connectivity index (χ2v) is 7.81. The van der Waals surface area contributed by atoms with Crippen LogP contribution in [0.5, 0.6) is 5.75 Å². The van der Waals surface area contributed by atoms with Crippen LogP contribution in [0, 0.1) is 13.8 Å². The molecule has 2 aromatic heterocycles. The van der Waals surface area contributed by atoms with Gasteiger partial charge in [0.15, 0.2) is 0 Å². The quantitative estimate of drug-likeness (QED) is 0.521.